The average molecular weight is 437 g/mol. The predicted octanol–water partition coefficient (Wildman–Crippen LogP) is 3.61. The van der Waals surface area contributed by atoms with E-state index in [4.69, 9.17) is 0 Å². The van der Waals surface area contributed by atoms with Crippen LogP contribution in [0.25, 0.3) is 0 Å². The zero-order valence-electron chi connectivity index (χ0n) is 17.3. The smallest absolute Gasteiger partial charge is 0.276 e. The number of halogens is 2. The number of nitrogens with zero attached hydrogens (tertiary/aromatic N) is 3. The minimum Gasteiger partial charge on any atom is -0.502 e. The van der Waals surface area contributed by atoms with E-state index in [-0.39, 0.29) is 17.8 Å². The summed E-state index contributed by atoms with van der Waals surface area (Å²) < 4.78 is 29.4. The molecule has 6 nitrogen and oxygen atoms in total. The van der Waals surface area contributed by atoms with Gasteiger partial charge in [0.25, 0.3) is 5.91 Å². The molecule has 32 heavy (non-hydrogen) atoms. The van der Waals surface area contributed by atoms with Crippen molar-refractivity contribution >= 4 is 5.91 Å². The molecule has 2 aliphatic heterocycles. The standard InChI is InChI=1S/C24H21F2N3O3/c1-13-5-10-18-21(29-22(24(32)28(13)18)23(31)19(30)12-27-29)20(14-6-8-16(25)9-7-14)15-3-2-4-17(26)11-15/h2-4,6-9,11-13,18,20-21,31H,5,10H2,1H3/t13-,18-,20+,21+/m1/s1. The van der Waals surface area contributed by atoms with Gasteiger partial charge in [0.05, 0.1) is 18.3 Å². The van der Waals surface area contributed by atoms with E-state index >= 15 is 0 Å². The lowest BCUT2D eigenvalue weighted by Gasteiger charge is -2.43. The third-order valence-corrected chi connectivity index (χ3v) is 6.59. The van der Waals surface area contributed by atoms with Gasteiger partial charge in [-0.05, 0) is 55.2 Å². The highest BCUT2D eigenvalue weighted by atomic mass is 19.1. The van der Waals surface area contributed by atoms with Gasteiger partial charge in [0, 0.05) is 12.0 Å². The molecule has 2 aliphatic rings. The first-order valence-electron chi connectivity index (χ1n) is 10.5. The van der Waals surface area contributed by atoms with E-state index in [2.05, 4.69) is 5.10 Å². The fourth-order valence-corrected chi connectivity index (χ4v) is 5.19. The van der Waals surface area contributed by atoms with E-state index < -0.39 is 40.7 Å². The fourth-order valence-electron chi connectivity index (χ4n) is 5.19. The van der Waals surface area contributed by atoms with Crippen molar-refractivity contribution in [2.75, 3.05) is 0 Å². The van der Waals surface area contributed by atoms with Gasteiger partial charge in [0.15, 0.2) is 11.4 Å². The third kappa shape index (κ3) is 3.09. The second-order valence-electron chi connectivity index (χ2n) is 8.43. The van der Waals surface area contributed by atoms with E-state index in [1.165, 1.54) is 28.9 Å². The van der Waals surface area contributed by atoms with E-state index in [0.717, 1.165) is 12.6 Å². The van der Waals surface area contributed by atoms with Crippen molar-refractivity contribution in [1.29, 1.82) is 0 Å². The average Bonchev–Trinajstić information content (AvgIpc) is 3.16. The van der Waals surface area contributed by atoms with Crippen LogP contribution in [-0.2, 0) is 0 Å². The number of hydrogen-bond donors (Lipinski definition) is 1. The molecule has 164 valence electrons. The summed E-state index contributed by atoms with van der Waals surface area (Å²) >= 11 is 0. The van der Waals surface area contributed by atoms with Crippen molar-refractivity contribution in [1.82, 2.24) is 14.7 Å². The number of fused-ring (bicyclic) bond motifs is 2. The summed E-state index contributed by atoms with van der Waals surface area (Å²) in [6, 6.07) is 11.1. The molecule has 0 saturated carbocycles. The van der Waals surface area contributed by atoms with E-state index in [0.29, 0.717) is 17.5 Å². The summed E-state index contributed by atoms with van der Waals surface area (Å²) in [7, 11) is 0. The zero-order valence-corrected chi connectivity index (χ0v) is 17.3. The van der Waals surface area contributed by atoms with Crippen molar-refractivity contribution < 1.29 is 18.7 Å². The third-order valence-electron chi connectivity index (χ3n) is 6.59. The molecule has 1 aromatic heterocycles. The van der Waals surface area contributed by atoms with Crippen molar-refractivity contribution in [3.05, 3.63) is 93.4 Å². The number of hydrogen-bond acceptors (Lipinski definition) is 4. The van der Waals surface area contributed by atoms with Crippen LogP contribution in [0.15, 0.2) is 59.5 Å². The number of carbonyl (C=O) groups excluding carboxylic acids is 1. The quantitative estimate of drug-likeness (QED) is 0.679. The Balaban J connectivity index is 1.79. The molecule has 3 heterocycles. The Labute approximate surface area is 182 Å². The number of aromatic hydroxyl groups is 1. The lowest BCUT2D eigenvalue weighted by Crippen LogP contribution is -2.52. The van der Waals surface area contributed by atoms with Gasteiger partial charge in [-0.1, -0.05) is 24.3 Å². The molecule has 1 N–H and O–H groups in total. The lowest BCUT2D eigenvalue weighted by molar-refractivity contribution is 0.0491. The van der Waals surface area contributed by atoms with Crippen LogP contribution in [0.5, 0.6) is 5.75 Å². The van der Waals surface area contributed by atoms with Gasteiger partial charge in [-0.2, -0.15) is 5.10 Å². The maximum atomic E-state index is 14.3. The highest BCUT2D eigenvalue weighted by Crippen LogP contribution is 2.47. The van der Waals surface area contributed by atoms with Crippen molar-refractivity contribution in [2.24, 2.45) is 0 Å². The molecule has 1 saturated heterocycles. The Morgan fingerprint density at radius 3 is 2.50 bits per heavy atom. The molecule has 5 rings (SSSR count). The van der Waals surface area contributed by atoms with E-state index in [9.17, 15) is 23.5 Å². The van der Waals surface area contributed by atoms with E-state index in [1.54, 1.807) is 29.2 Å². The zero-order chi connectivity index (χ0) is 22.6. The summed E-state index contributed by atoms with van der Waals surface area (Å²) in [5.41, 5.74) is 0.428. The SMILES string of the molecule is C[C@@H]1CC[C@@H]2[C@@H]([C@@H](c3ccc(F)cc3)c3cccc(F)c3)n3ncc(=O)c(O)c3C(=O)N12. The lowest BCUT2D eigenvalue weighted by atomic mass is 9.80. The number of aromatic nitrogens is 2. The Kier molecular flexibility index (Phi) is 4.80. The Bertz CT molecular complexity index is 1260. The molecule has 8 heteroatoms. The van der Waals surface area contributed by atoms with Gasteiger partial charge < -0.3 is 10.0 Å². The molecular weight excluding hydrogens is 416 g/mol. The second kappa shape index (κ2) is 7.55. The van der Waals surface area contributed by atoms with Crippen molar-refractivity contribution in [3.63, 3.8) is 0 Å². The summed E-state index contributed by atoms with van der Waals surface area (Å²) in [6.45, 7) is 1.92. The van der Waals surface area contributed by atoms with Crippen LogP contribution in [0.1, 0.15) is 53.3 Å². The maximum Gasteiger partial charge on any atom is 0.276 e. The van der Waals surface area contributed by atoms with Gasteiger partial charge >= 0.3 is 0 Å². The molecule has 0 unspecified atom stereocenters. The van der Waals surface area contributed by atoms with Crippen LogP contribution >= 0.6 is 0 Å². The molecule has 0 spiro atoms. The summed E-state index contributed by atoms with van der Waals surface area (Å²) in [6.07, 6.45) is 2.41. The number of benzene rings is 2. The first-order chi connectivity index (χ1) is 15.4. The summed E-state index contributed by atoms with van der Waals surface area (Å²) in [5.74, 6) is -2.43. The van der Waals surface area contributed by atoms with Crippen LogP contribution in [0.2, 0.25) is 0 Å². The molecule has 1 fully saturated rings. The molecule has 2 aromatic carbocycles. The number of carbonyl (C=O) groups is 1. The minimum absolute atomic E-state index is 0.0974. The number of rotatable bonds is 3. The van der Waals surface area contributed by atoms with Crippen LogP contribution in [0.4, 0.5) is 8.78 Å². The molecule has 1 amide bonds. The minimum atomic E-state index is -0.738. The monoisotopic (exact) mass is 437 g/mol. The van der Waals surface area contributed by atoms with Gasteiger partial charge in [-0.15, -0.1) is 0 Å². The van der Waals surface area contributed by atoms with E-state index in [1.807, 2.05) is 6.92 Å². The molecular formula is C24H21F2N3O3. The van der Waals surface area contributed by atoms with Crippen LogP contribution in [0.3, 0.4) is 0 Å². The van der Waals surface area contributed by atoms with Crippen molar-refractivity contribution in [2.45, 2.75) is 43.8 Å². The van der Waals surface area contributed by atoms with Gasteiger partial charge in [-0.25, -0.2) is 8.78 Å². The van der Waals surface area contributed by atoms with Crippen LogP contribution < -0.4 is 5.43 Å². The largest absolute Gasteiger partial charge is 0.502 e. The van der Waals surface area contributed by atoms with Crippen LogP contribution in [0, 0.1) is 11.6 Å². The molecule has 0 radical (unpaired) electrons. The van der Waals surface area contributed by atoms with Gasteiger partial charge in [0.2, 0.25) is 5.43 Å². The fraction of sp³-hybridized carbons (Fsp3) is 0.292. The molecule has 4 atom stereocenters. The van der Waals surface area contributed by atoms with Crippen LogP contribution in [-0.4, -0.2) is 37.8 Å². The highest BCUT2D eigenvalue weighted by Gasteiger charge is 2.50. The first kappa shape index (κ1) is 20.4. The predicted molar refractivity (Wildman–Crippen MR) is 112 cm³/mol. The Morgan fingerprint density at radius 1 is 1.03 bits per heavy atom. The first-order valence-corrected chi connectivity index (χ1v) is 10.5. The molecule has 3 aromatic rings. The summed E-state index contributed by atoms with van der Waals surface area (Å²) in [4.78, 5) is 27.1. The Morgan fingerprint density at radius 2 is 1.78 bits per heavy atom. The maximum absolute atomic E-state index is 14.3. The van der Waals surface area contributed by atoms with Gasteiger partial charge in [0.1, 0.15) is 11.6 Å². The normalized spacial score (nSPS) is 23.0. The second-order valence-corrected chi connectivity index (χ2v) is 8.43. The molecule has 0 aliphatic carbocycles. The molecule has 0 bridgehead atoms. The number of amides is 1. The van der Waals surface area contributed by atoms with Gasteiger partial charge in [-0.3, -0.25) is 14.3 Å². The topological polar surface area (TPSA) is 75.4 Å². The highest BCUT2D eigenvalue weighted by molar-refractivity contribution is 5.96. The Hall–Kier alpha value is -3.55. The van der Waals surface area contributed by atoms with Crippen molar-refractivity contribution in [3.8, 4) is 5.75 Å². The summed E-state index contributed by atoms with van der Waals surface area (Å²) in [5, 5.41) is 14.7.